The van der Waals surface area contributed by atoms with E-state index in [9.17, 15) is 4.79 Å². The molecule has 0 bridgehead atoms. The fourth-order valence-electron chi connectivity index (χ4n) is 1.81. The number of hydrogen-bond donors (Lipinski definition) is 0. The molecule has 0 fully saturated rings. The molecule has 0 aliphatic heterocycles. The molecule has 92 valence electrons. The highest BCUT2D eigenvalue weighted by Gasteiger charge is 2.11. The van der Waals surface area contributed by atoms with Crippen LogP contribution < -0.4 is 5.56 Å². The molecular weight excluding hydrogens is 300 g/mol. The van der Waals surface area contributed by atoms with Gasteiger partial charge in [-0.15, -0.1) is 11.3 Å². The zero-order valence-electron chi connectivity index (χ0n) is 9.99. The van der Waals surface area contributed by atoms with Crippen LogP contribution in [0.15, 0.2) is 11.1 Å². The fraction of sp³-hybridized carbons (Fsp3) is 0.500. The summed E-state index contributed by atoms with van der Waals surface area (Å²) in [5.41, 5.74) is 1.18. The smallest absolute Gasteiger partial charge is 0.262 e. The predicted octanol–water partition coefficient (Wildman–Crippen LogP) is 3.25. The van der Waals surface area contributed by atoms with Crippen molar-refractivity contribution in [2.75, 3.05) is 5.33 Å². The Morgan fingerprint density at radius 1 is 1.41 bits per heavy atom. The molecule has 0 aliphatic rings. The first-order chi connectivity index (χ1) is 8.15. The monoisotopic (exact) mass is 314 g/mol. The van der Waals surface area contributed by atoms with E-state index in [4.69, 9.17) is 0 Å². The summed E-state index contributed by atoms with van der Waals surface area (Å²) >= 11 is 4.99. The van der Waals surface area contributed by atoms with Crippen LogP contribution in [-0.2, 0) is 6.54 Å². The van der Waals surface area contributed by atoms with Crippen LogP contribution in [0.4, 0.5) is 0 Å². The van der Waals surface area contributed by atoms with Crippen molar-refractivity contribution in [1.29, 1.82) is 0 Å². The summed E-state index contributed by atoms with van der Waals surface area (Å²) in [5.74, 6) is 0. The van der Waals surface area contributed by atoms with Crippen LogP contribution in [0.2, 0.25) is 0 Å². The number of aryl methyl sites for hydroxylation is 3. The molecule has 17 heavy (non-hydrogen) atoms. The van der Waals surface area contributed by atoms with Crippen LogP contribution in [0.5, 0.6) is 0 Å². The Balaban J connectivity index is 2.43. The van der Waals surface area contributed by atoms with E-state index in [1.807, 2.05) is 13.8 Å². The Labute approximate surface area is 113 Å². The van der Waals surface area contributed by atoms with Gasteiger partial charge in [0.05, 0.1) is 11.7 Å². The zero-order chi connectivity index (χ0) is 12.4. The predicted molar refractivity (Wildman–Crippen MR) is 76.4 cm³/mol. The lowest BCUT2D eigenvalue weighted by molar-refractivity contribution is 0.612. The number of hydrogen-bond acceptors (Lipinski definition) is 3. The minimum absolute atomic E-state index is 0.103. The highest BCUT2D eigenvalue weighted by atomic mass is 79.9. The lowest BCUT2D eigenvalue weighted by atomic mass is 10.2. The molecule has 0 atom stereocenters. The van der Waals surface area contributed by atoms with Gasteiger partial charge in [-0.1, -0.05) is 15.9 Å². The van der Waals surface area contributed by atoms with Crippen molar-refractivity contribution in [2.24, 2.45) is 0 Å². The van der Waals surface area contributed by atoms with Crippen LogP contribution in [0.25, 0.3) is 10.2 Å². The first kappa shape index (κ1) is 12.8. The minimum Gasteiger partial charge on any atom is -0.299 e. The van der Waals surface area contributed by atoms with Crippen LogP contribution in [-0.4, -0.2) is 14.9 Å². The van der Waals surface area contributed by atoms with Crippen molar-refractivity contribution < 1.29 is 0 Å². The average Bonchev–Trinajstić information content (AvgIpc) is 2.59. The summed E-state index contributed by atoms with van der Waals surface area (Å²) in [6.07, 6.45) is 3.75. The molecule has 0 saturated heterocycles. The maximum absolute atomic E-state index is 12.3. The van der Waals surface area contributed by atoms with Gasteiger partial charge in [0, 0.05) is 16.8 Å². The number of unbranched alkanes of at least 4 members (excludes halogenated alkanes) is 1. The molecule has 0 aliphatic carbocycles. The van der Waals surface area contributed by atoms with Gasteiger partial charge in [0.2, 0.25) is 0 Å². The molecule has 3 nitrogen and oxygen atoms in total. The second kappa shape index (κ2) is 5.31. The van der Waals surface area contributed by atoms with E-state index < -0.39 is 0 Å². The molecule has 0 aromatic carbocycles. The van der Waals surface area contributed by atoms with E-state index in [2.05, 4.69) is 20.9 Å². The first-order valence-electron chi connectivity index (χ1n) is 5.66. The second-order valence-electron chi connectivity index (χ2n) is 4.10. The molecule has 2 aromatic rings. The number of halogens is 1. The van der Waals surface area contributed by atoms with Gasteiger partial charge >= 0.3 is 0 Å². The molecule has 2 rings (SSSR count). The SMILES string of the molecule is Cc1sc2ncn(CCCCBr)c(=O)c2c1C. The molecule has 0 N–H and O–H groups in total. The molecule has 0 amide bonds. The van der Waals surface area contributed by atoms with Crippen LogP contribution >= 0.6 is 27.3 Å². The van der Waals surface area contributed by atoms with Gasteiger partial charge in [0.15, 0.2) is 0 Å². The number of fused-ring (bicyclic) bond motifs is 1. The standard InChI is InChI=1S/C12H15BrN2OS/c1-8-9(2)17-11-10(8)12(16)15(7-14-11)6-4-3-5-13/h7H,3-6H2,1-2H3. The normalized spacial score (nSPS) is 11.2. The Bertz CT molecular complexity index is 588. The van der Waals surface area contributed by atoms with E-state index in [1.54, 1.807) is 22.2 Å². The summed E-state index contributed by atoms with van der Waals surface area (Å²) in [5, 5.41) is 1.78. The number of aromatic nitrogens is 2. The highest BCUT2D eigenvalue weighted by Crippen LogP contribution is 2.25. The summed E-state index contributed by atoms with van der Waals surface area (Å²) in [7, 11) is 0. The van der Waals surface area contributed by atoms with Crippen LogP contribution in [0, 0.1) is 13.8 Å². The number of alkyl halides is 1. The van der Waals surface area contributed by atoms with Gasteiger partial charge in [-0.05, 0) is 32.3 Å². The van der Waals surface area contributed by atoms with E-state index in [0.717, 1.165) is 40.5 Å². The Kier molecular flexibility index (Phi) is 3.99. The summed E-state index contributed by atoms with van der Waals surface area (Å²) < 4.78 is 1.73. The molecule has 5 heteroatoms. The summed E-state index contributed by atoms with van der Waals surface area (Å²) in [6, 6.07) is 0. The molecule has 0 spiro atoms. The maximum atomic E-state index is 12.3. The first-order valence-corrected chi connectivity index (χ1v) is 7.60. The summed E-state index contributed by atoms with van der Waals surface area (Å²) in [6.45, 7) is 4.79. The third-order valence-electron chi connectivity index (χ3n) is 2.94. The lowest BCUT2D eigenvalue weighted by Crippen LogP contribution is -2.20. The van der Waals surface area contributed by atoms with Gasteiger partial charge in [0.1, 0.15) is 4.83 Å². The van der Waals surface area contributed by atoms with Crippen molar-refractivity contribution in [1.82, 2.24) is 9.55 Å². The van der Waals surface area contributed by atoms with Gasteiger partial charge < -0.3 is 0 Å². The molecule has 2 heterocycles. The molecule has 0 radical (unpaired) electrons. The van der Waals surface area contributed by atoms with Gasteiger partial charge in [-0.25, -0.2) is 4.98 Å². The summed E-state index contributed by atoms with van der Waals surface area (Å²) in [4.78, 5) is 18.7. The zero-order valence-corrected chi connectivity index (χ0v) is 12.4. The van der Waals surface area contributed by atoms with Crippen LogP contribution in [0.3, 0.4) is 0 Å². The second-order valence-corrected chi connectivity index (χ2v) is 6.10. The largest absolute Gasteiger partial charge is 0.299 e. The Hall–Kier alpha value is -0.680. The Morgan fingerprint density at radius 2 is 2.18 bits per heavy atom. The van der Waals surface area contributed by atoms with Gasteiger partial charge in [-0.3, -0.25) is 9.36 Å². The maximum Gasteiger partial charge on any atom is 0.262 e. The van der Waals surface area contributed by atoms with Gasteiger partial charge in [-0.2, -0.15) is 0 Å². The van der Waals surface area contributed by atoms with E-state index in [-0.39, 0.29) is 5.56 Å². The molecule has 0 saturated carbocycles. The van der Waals surface area contributed by atoms with Crippen LogP contribution in [0.1, 0.15) is 23.3 Å². The fourth-order valence-corrected chi connectivity index (χ4v) is 3.19. The number of thiophene rings is 1. The minimum atomic E-state index is 0.103. The van der Waals surface area contributed by atoms with Crippen molar-refractivity contribution in [2.45, 2.75) is 33.2 Å². The number of nitrogens with zero attached hydrogens (tertiary/aromatic N) is 2. The van der Waals surface area contributed by atoms with E-state index in [0.29, 0.717) is 0 Å². The number of rotatable bonds is 4. The lowest BCUT2D eigenvalue weighted by Gasteiger charge is -2.04. The average molecular weight is 315 g/mol. The van der Waals surface area contributed by atoms with E-state index in [1.165, 1.54) is 4.88 Å². The highest BCUT2D eigenvalue weighted by molar-refractivity contribution is 9.09. The Morgan fingerprint density at radius 3 is 2.88 bits per heavy atom. The van der Waals surface area contributed by atoms with E-state index >= 15 is 0 Å². The molecule has 2 aromatic heterocycles. The van der Waals surface area contributed by atoms with Crippen molar-refractivity contribution in [3.8, 4) is 0 Å². The quantitative estimate of drug-likeness (QED) is 0.641. The van der Waals surface area contributed by atoms with Crippen molar-refractivity contribution in [3.63, 3.8) is 0 Å². The topological polar surface area (TPSA) is 34.9 Å². The van der Waals surface area contributed by atoms with Crippen molar-refractivity contribution in [3.05, 3.63) is 27.1 Å². The van der Waals surface area contributed by atoms with Crippen molar-refractivity contribution >= 4 is 37.5 Å². The molecule has 0 unspecified atom stereocenters. The third-order valence-corrected chi connectivity index (χ3v) is 4.61. The third kappa shape index (κ3) is 2.45. The molecular formula is C12H15BrN2OS. The van der Waals surface area contributed by atoms with Gasteiger partial charge in [0.25, 0.3) is 5.56 Å².